The molecule has 0 atom stereocenters. The summed E-state index contributed by atoms with van der Waals surface area (Å²) in [5.74, 6) is 0.915. The van der Waals surface area contributed by atoms with Crippen LogP contribution in [0.2, 0.25) is 0 Å². The predicted octanol–water partition coefficient (Wildman–Crippen LogP) is 3.70. The van der Waals surface area contributed by atoms with Gasteiger partial charge in [0.05, 0.1) is 17.3 Å². The minimum atomic E-state index is 0.647. The lowest BCUT2D eigenvalue weighted by atomic mass is 10.2. The lowest BCUT2D eigenvalue weighted by molar-refractivity contribution is 0.317. The van der Waals surface area contributed by atoms with Crippen molar-refractivity contribution in [2.75, 3.05) is 6.61 Å². The third-order valence-corrected chi connectivity index (χ3v) is 3.82. The first-order chi connectivity index (χ1) is 8.70. The third-order valence-electron chi connectivity index (χ3n) is 2.59. The molecule has 0 saturated carbocycles. The molecule has 0 unspecified atom stereocenters. The lowest BCUT2D eigenvalue weighted by Crippen LogP contribution is -2.03. The van der Waals surface area contributed by atoms with Crippen LogP contribution in [-0.2, 0) is 18.8 Å². The fourth-order valence-corrected chi connectivity index (χ4v) is 2.66. The second-order valence-electron chi connectivity index (χ2n) is 3.98. The van der Waals surface area contributed by atoms with Gasteiger partial charge in [-0.25, -0.2) is 0 Å². The SMILES string of the molecule is Cn1cc(CCOc2c(Br)cccc2CBr)cn1. The highest BCUT2D eigenvalue weighted by Crippen LogP contribution is 2.30. The van der Waals surface area contributed by atoms with Gasteiger partial charge in [-0.05, 0) is 27.6 Å². The molecule has 3 nitrogen and oxygen atoms in total. The smallest absolute Gasteiger partial charge is 0.137 e. The predicted molar refractivity (Wildman–Crippen MR) is 79.2 cm³/mol. The van der Waals surface area contributed by atoms with Crippen molar-refractivity contribution in [2.45, 2.75) is 11.8 Å². The number of alkyl halides is 1. The molecule has 0 radical (unpaired) electrons. The molecular formula is C13H14Br2N2O. The van der Waals surface area contributed by atoms with Crippen LogP contribution in [0.3, 0.4) is 0 Å². The van der Waals surface area contributed by atoms with Crippen molar-refractivity contribution >= 4 is 31.9 Å². The number of hydrogen-bond donors (Lipinski definition) is 0. The van der Waals surface area contributed by atoms with Gasteiger partial charge in [0.1, 0.15) is 5.75 Å². The number of ether oxygens (including phenoxy) is 1. The molecule has 1 aromatic carbocycles. The summed E-state index contributed by atoms with van der Waals surface area (Å²) in [6, 6.07) is 6.05. The van der Waals surface area contributed by atoms with Crippen molar-refractivity contribution in [1.82, 2.24) is 9.78 Å². The Hall–Kier alpha value is -0.810. The van der Waals surface area contributed by atoms with Crippen LogP contribution in [0, 0.1) is 0 Å². The highest BCUT2D eigenvalue weighted by atomic mass is 79.9. The second kappa shape index (κ2) is 6.38. The zero-order valence-corrected chi connectivity index (χ0v) is 13.2. The molecule has 0 aliphatic carbocycles. The molecular weight excluding hydrogens is 360 g/mol. The van der Waals surface area contributed by atoms with Gasteiger partial charge in [0.25, 0.3) is 0 Å². The van der Waals surface area contributed by atoms with Crippen molar-refractivity contribution in [1.29, 1.82) is 0 Å². The standard InChI is InChI=1S/C13H14Br2N2O/c1-17-9-10(8-16-17)5-6-18-13-11(7-14)3-2-4-12(13)15/h2-4,8-9H,5-7H2,1H3. The summed E-state index contributed by atoms with van der Waals surface area (Å²) in [6.45, 7) is 0.647. The van der Waals surface area contributed by atoms with Crippen molar-refractivity contribution in [3.8, 4) is 5.75 Å². The molecule has 0 aliphatic rings. The van der Waals surface area contributed by atoms with E-state index in [1.165, 1.54) is 5.56 Å². The van der Waals surface area contributed by atoms with Crippen molar-refractivity contribution in [3.05, 3.63) is 46.2 Å². The van der Waals surface area contributed by atoms with Crippen LogP contribution < -0.4 is 4.74 Å². The number of aromatic nitrogens is 2. The summed E-state index contributed by atoms with van der Waals surface area (Å²) in [5, 5.41) is 4.92. The minimum Gasteiger partial charge on any atom is -0.492 e. The Balaban J connectivity index is 1.98. The Kier molecular flexibility index (Phi) is 4.83. The summed E-state index contributed by atoms with van der Waals surface area (Å²) in [5.41, 5.74) is 2.33. The maximum absolute atomic E-state index is 5.86. The third kappa shape index (κ3) is 3.36. The van der Waals surface area contributed by atoms with E-state index in [0.717, 1.165) is 27.5 Å². The number of rotatable bonds is 5. The van der Waals surface area contributed by atoms with Crippen LogP contribution in [0.4, 0.5) is 0 Å². The average Bonchev–Trinajstić information content (AvgIpc) is 2.77. The molecule has 0 spiro atoms. The van der Waals surface area contributed by atoms with Crippen LogP contribution in [-0.4, -0.2) is 16.4 Å². The lowest BCUT2D eigenvalue weighted by Gasteiger charge is -2.11. The number of aryl methyl sites for hydroxylation is 1. The number of para-hydroxylation sites is 1. The largest absolute Gasteiger partial charge is 0.492 e. The van der Waals surface area contributed by atoms with Crippen LogP contribution in [0.25, 0.3) is 0 Å². The first-order valence-corrected chi connectivity index (χ1v) is 7.56. The topological polar surface area (TPSA) is 27.1 Å². The number of nitrogens with zero attached hydrogens (tertiary/aromatic N) is 2. The van der Waals surface area contributed by atoms with E-state index < -0.39 is 0 Å². The van der Waals surface area contributed by atoms with Crippen LogP contribution in [0.15, 0.2) is 35.1 Å². The summed E-state index contributed by atoms with van der Waals surface area (Å²) < 4.78 is 8.65. The van der Waals surface area contributed by atoms with E-state index in [1.807, 2.05) is 31.6 Å². The first kappa shape index (κ1) is 13.6. The molecule has 2 rings (SSSR count). The maximum atomic E-state index is 5.86. The van der Waals surface area contributed by atoms with E-state index in [9.17, 15) is 0 Å². The van der Waals surface area contributed by atoms with Gasteiger partial charge >= 0.3 is 0 Å². The van der Waals surface area contributed by atoms with E-state index in [1.54, 1.807) is 4.68 Å². The molecule has 0 amide bonds. The van der Waals surface area contributed by atoms with Gasteiger partial charge in [0.2, 0.25) is 0 Å². The van der Waals surface area contributed by atoms with Gasteiger partial charge in [-0.15, -0.1) is 0 Å². The summed E-state index contributed by atoms with van der Waals surface area (Å²) in [4.78, 5) is 0. The molecule has 18 heavy (non-hydrogen) atoms. The Morgan fingerprint density at radius 1 is 1.39 bits per heavy atom. The Labute approximate surface area is 123 Å². The molecule has 0 bridgehead atoms. The van der Waals surface area contributed by atoms with Gasteiger partial charge < -0.3 is 4.74 Å². The highest BCUT2D eigenvalue weighted by Gasteiger charge is 2.07. The molecule has 1 heterocycles. The van der Waals surface area contributed by atoms with E-state index in [4.69, 9.17) is 4.74 Å². The molecule has 0 saturated heterocycles. The van der Waals surface area contributed by atoms with Gasteiger partial charge in [0, 0.05) is 30.6 Å². The Morgan fingerprint density at radius 2 is 2.22 bits per heavy atom. The molecule has 5 heteroatoms. The molecule has 2 aromatic rings. The summed E-state index contributed by atoms with van der Waals surface area (Å²) in [7, 11) is 1.92. The van der Waals surface area contributed by atoms with Crippen LogP contribution in [0.5, 0.6) is 5.75 Å². The van der Waals surface area contributed by atoms with Gasteiger partial charge in [0.15, 0.2) is 0 Å². The monoisotopic (exact) mass is 372 g/mol. The van der Waals surface area contributed by atoms with E-state index >= 15 is 0 Å². The van der Waals surface area contributed by atoms with Crippen LogP contribution in [0.1, 0.15) is 11.1 Å². The normalized spacial score (nSPS) is 10.6. The zero-order chi connectivity index (χ0) is 13.0. The number of hydrogen-bond acceptors (Lipinski definition) is 2. The zero-order valence-electron chi connectivity index (χ0n) is 10.1. The quantitative estimate of drug-likeness (QED) is 0.747. The summed E-state index contributed by atoms with van der Waals surface area (Å²) in [6.07, 6.45) is 4.74. The van der Waals surface area contributed by atoms with Gasteiger partial charge in [-0.2, -0.15) is 5.10 Å². The molecule has 0 aliphatic heterocycles. The Bertz CT molecular complexity index is 525. The van der Waals surface area contributed by atoms with Crippen molar-refractivity contribution < 1.29 is 4.74 Å². The number of halogens is 2. The fourth-order valence-electron chi connectivity index (χ4n) is 1.69. The van der Waals surface area contributed by atoms with Crippen molar-refractivity contribution in [2.24, 2.45) is 7.05 Å². The highest BCUT2D eigenvalue weighted by molar-refractivity contribution is 9.10. The van der Waals surface area contributed by atoms with E-state index in [2.05, 4.69) is 43.0 Å². The fraction of sp³-hybridized carbons (Fsp3) is 0.308. The Morgan fingerprint density at radius 3 is 2.89 bits per heavy atom. The van der Waals surface area contributed by atoms with E-state index in [0.29, 0.717) is 6.61 Å². The van der Waals surface area contributed by atoms with Gasteiger partial charge in [-0.1, -0.05) is 28.1 Å². The van der Waals surface area contributed by atoms with Gasteiger partial charge in [-0.3, -0.25) is 4.68 Å². The first-order valence-electron chi connectivity index (χ1n) is 5.64. The summed E-state index contributed by atoms with van der Waals surface area (Å²) >= 11 is 6.98. The molecule has 96 valence electrons. The maximum Gasteiger partial charge on any atom is 0.137 e. The molecule has 1 aromatic heterocycles. The van der Waals surface area contributed by atoms with Crippen LogP contribution >= 0.6 is 31.9 Å². The van der Waals surface area contributed by atoms with Crippen molar-refractivity contribution in [3.63, 3.8) is 0 Å². The molecule has 0 fully saturated rings. The number of benzene rings is 1. The second-order valence-corrected chi connectivity index (χ2v) is 5.40. The van der Waals surface area contributed by atoms with E-state index in [-0.39, 0.29) is 0 Å². The molecule has 0 N–H and O–H groups in total. The average molecular weight is 374 g/mol. The minimum absolute atomic E-state index is 0.647.